The first-order valence-electron chi connectivity index (χ1n) is 5.63. The van der Waals surface area contributed by atoms with Crippen molar-refractivity contribution in [3.05, 3.63) is 0 Å². The van der Waals surface area contributed by atoms with Gasteiger partial charge in [0.1, 0.15) is 0 Å². The molecule has 0 aromatic rings. The van der Waals surface area contributed by atoms with Crippen molar-refractivity contribution in [2.24, 2.45) is 5.92 Å². The SMILES string of the molecule is CCC(C)(CC)NC(=O)NCC(C)C(=O)O. The molecule has 0 aliphatic rings. The summed E-state index contributed by atoms with van der Waals surface area (Å²) in [6, 6.07) is -0.306. The molecule has 5 heteroatoms. The second-order valence-electron chi connectivity index (χ2n) is 4.34. The molecule has 0 aliphatic carbocycles. The van der Waals surface area contributed by atoms with Crippen LogP contribution in [0.1, 0.15) is 40.5 Å². The number of carbonyl (C=O) groups is 2. The Morgan fingerprint density at radius 3 is 2.19 bits per heavy atom. The number of amides is 2. The average molecular weight is 230 g/mol. The monoisotopic (exact) mass is 230 g/mol. The summed E-state index contributed by atoms with van der Waals surface area (Å²) in [5, 5.41) is 14.0. The van der Waals surface area contributed by atoms with Crippen molar-refractivity contribution in [1.82, 2.24) is 10.6 Å². The third kappa shape index (κ3) is 5.00. The molecule has 94 valence electrons. The van der Waals surface area contributed by atoms with Gasteiger partial charge in [-0.3, -0.25) is 4.79 Å². The quantitative estimate of drug-likeness (QED) is 0.648. The first-order chi connectivity index (χ1) is 7.34. The minimum absolute atomic E-state index is 0.144. The number of nitrogens with one attached hydrogen (secondary N) is 2. The van der Waals surface area contributed by atoms with Gasteiger partial charge in [-0.25, -0.2) is 4.79 Å². The van der Waals surface area contributed by atoms with Crippen LogP contribution in [0.15, 0.2) is 0 Å². The molecule has 1 atom stereocenters. The minimum atomic E-state index is -0.908. The normalized spacial score (nSPS) is 13.0. The highest BCUT2D eigenvalue weighted by atomic mass is 16.4. The van der Waals surface area contributed by atoms with Gasteiger partial charge in [0, 0.05) is 12.1 Å². The Balaban J connectivity index is 4.04. The van der Waals surface area contributed by atoms with Crippen LogP contribution in [0.5, 0.6) is 0 Å². The van der Waals surface area contributed by atoms with Crippen LogP contribution in [-0.2, 0) is 4.79 Å². The first kappa shape index (κ1) is 14.7. The molecule has 0 heterocycles. The second-order valence-corrected chi connectivity index (χ2v) is 4.34. The van der Waals surface area contributed by atoms with Gasteiger partial charge in [-0.05, 0) is 19.8 Å². The highest BCUT2D eigenvalue weighted by Gasteiger charge is 2.22. The van der Waals surface area contributed by atoms with Gasteiger partial charge < -0.3 is 15.7 Å². The second kappa shape index (κ2) is 6.35. The van der Waals surface area contributed by atoms with E-state index in [0.29, 0.717) is 0 Å². The van der Waals surface area contributed by atoms with Crippen molar-refractivity contribution >= 4 is 12.0 Å². The zero-order chi connectivity index (χ0) is 12.8. The molecule has 0 aliphatic heterocycles. The molecular weight excluding hydrogens is 208 g/mol. The van der Waals surface area contributed by atoms with E-state index in [1.807, 2.05) is 20.8 Å². The van der Waals surface area contributed by atoms with Gasteiger partial charge in [-0.1, -0.05) is 20.8 Å². The van der Waals surface area contributed by atoms with Crippen LogP contribution in [0.25, 0.3) is 0 Å². The minimum Gasteiger partial charge on any atom is -0.481 e. The van der Waals surface area contributed by atoms with Crippen LogP contribution in [0, 0.1) is 5.92 Å². The summed E-state index contributed by atoms with van der Waals surface area (Å²) in [4.78, 5) is 22.0. The smallest absolute Gasteiger partial charge is 0.315 e. The molecule has 5 nitrogen and oxygen atoms in total. The predicted molar refractivity (Wildman–Crippen MR) is 62.3 cm³/mol. The zero-order valence-corrected chi connectivity index (χ0v) is 10.5. The third-order valence-corrected chi connectivity index (χ3v) is 2.97. The molecule has 0 saturated heterocycles. The van der Waals surface area contributed by atoms with Crippen molar-refractivity contribution in [1.29, 1.82) is 0 Å². The lowest BCUT2D eigenvalue weighted by atomic mass is 9.96. The van der Waals surface area contributed by atoms with Crippen molar-refractivity contribution in [3.8, 4) is 0 Å². The maximum absolute atomic E-state index is 11.5. The summed E-state index contributed by atoms with van der Waals surface area (Å²) in [6.45, 7) is 7.67. The highest BCUT2D eigenvalue weighted by molar-refractivity contribution is 5.76. The number of hydrogen-bond donors (Lipinski definition) is 3. The Kier molecular flexibility index (Phi) is 5.85. The van der Waals surface area contributed by atoms with E-state index in [9.17, 15) is 9.59 Å². The van der Waals surface area contributed by atoms with Crippen molar-refractivity contribution in [2.45, 2.75) is 46.1 Å². The third-order valence-electron chi connectivity index (χ3n) is 2.97. The van der Waals surface area contributed by atoms with Crippen LogP contribution in [0.4, 0.5) is 4.79 Å². The number of urea groups is 1. The lowest BCUT2D eigenvalue weighted by Gasteiger charge is -2.28. The van der Waals surface area contributed by atoms with Crippen LogP contribution >= 0.6 is 0 Å². The van der Waals surface area contributed by atoms with Gasteiger partial charge in [0.25, 0.3) is 0 Å². The molecule has 0 spiro atoms. The van der Waals surface area contributed by atoms with Crippen LogP contribution in [-0.4, -0.2) is 29.2 Å². The van der Waals surface area contributed by atoms with E-state index in [-0.39, 0.29) is 18.1 Å². The molecule has 0 rings (SSSR count). The maximum Gasteiger partial charge on any atom is 0.315 e. The molecule has 0 saturated carbocycles. The van der Waals surface area contributed by atoms with Gasteiger partial charge in [0.05, 0.1) is 5.92 Å². The lowest BCUT2D eigenvalue weighted by Crippen LogP contribution is -2.50. The molecular formula is C11H22N2O3. The Morgan fingerprint density at radius 2 is 1.81 bits per heavy atom. The highest BCUT2D eigenvalue weighted by Crippen LogP contribution is 2.12. The zero-order valence-electron chi connectivity index (χ0n) is 10.5. The molecule has 16 heavy (non-hydrogen) atoms. The first-order valence-corrected chi connectivity index (χ1v) is 5.63. The Hall–Kier alpha value is -1.26. The van der Waals surface area contributed by atoms with Gasteiger partial charge in [0.15, 0.2) is 0 Å². The van der Waals surface area contributed by atoms with E-state index in [2.05, 4.69) is 10.6 Å². The summed E-state index contributed by atoms with van der Waals surface area (Å²) in [7, 11) is 0. The fraction of sp³-hybridized carbons (Fsp3) is 0.818. The molecule has 0 radical (unpaired) electrons. The number of hydrogen-bond acceptors (Lipinski definition) is 2. The van der Waals surface area contributed by atoms with E-state index in [4.69, 9.17) is 5.11 Å². The van der Waals surface area contributed by atoms with Gasteiger partial charge in [-0.2, -0.15) is 0 Å². The van der Waals surface area contributed by atoms with E-state index in [1.165, 1.54) is 0 Å². The largest absolute Gasteiger partial charge is 0.481 e. The Morgan fingerprint density at radius 1 is 1.31 bits per heavy atom. The number of carbonyl (C=O) groups excluding carboxylic acids is 1. The summed E-state index contributed by atoms with van der Waals surface area (Å²) in [5.74, 6) is -1.48. The van der Waals surface area contributed by atoms with Gasteiger partial charge >= 0.3 is 12.0 Å². The summed E-state index contributed by atoms with van der Waals surface area (Å²) in [5.41, 5.74) is -0.226. The number of aliphatic carboxylic acids is 1. The van der Waals surface area contributed by atoms with Crippen molar-refractivity contribution in [2.75, 3.05) is 6.54 Å². The molecule has 0 bridgehead atoms. The Bertz CT molecular complexity index is 250. The van der Waals surface area contributed by atoms with Crippen molar-refractivity contribution in [3.63, 3.8) is 0 Å². The molecule has 2 amide bonds. The lowest BCUT2D eigenvalue weighted by molar-refractivity contribution is -0.140. The van der Waals surface area contributed by atoms with Crippen LogP contribution in [0.2, 0.25) is 0 Å². The maximum atomic E-state index is 11.5. The fourth-order valence-corrected chi connectivity index (χ4v) is 1.08. The van der Waals surface area contributed by atoms with Gasteiger partial charge in [0.2, 0.25) is 0 Å². The van der Waals surface area contributed by atoms with E-state index in [1.54, 1.807) is 6.92 Å². The molecule has 3 N–H and O–H groups in total. The van der Waals surface area contributed by atoms with Crippen LogP contribution < -0.4 is 10.6 Å². The molecule has 0 aromatic heterocycles. The standard InChI is InChI=1S/C11H22N2O3/c1-5-11(4,6-2)13-10(16)12-7-8(3)9(14)15/h8H,5-7H2,1-4H3,(H,14,15)(H2,12,13,16). The summed E-state index contributed by atoms with van der Waals surface area (Å²) in [6.07, 6.45) is 1.68. The summed E-state index contributed by atoms with van der Waals surface area (Å²) < 4.78 is 0. The van der Waals surface area contributed by atoms with Crippen molar-refractivity contribution < 1.29 is 14.7 Å². The van der Waals surface area contributed by atoms with E-state index in [0.717, 1.165) is 12.8 Å². The average Bonchev–Trinajstić information content (AvgIpc) is 2.25. The predicted octanol–water partition coefficient (Wildman–Crippen LogP) is 1.59. The molecule has 1 unspecified atom stereocenters. The fourth-order valence-electron chi connectivity index (χ4n) is 1.08. The van der Waals surface area contributed by atoms with Crippen LogP contribution in [0.3, 0.4) is 0 Å². The number of rotatable bonds is 6. The van der Waals surface area contributed by atoms with E-state index >= 15 is 0 Å². The van der Waals surface area contributed by atoms with E-state index < -0.39 is 11.9 Å². The van der Waals surface area contributed by atoms with Gasteiger partial charge in [-0.15, -0.1) is 0 Å². The molecule has 0 fully saturated rings. The number of carboxylic acids is 1. The summed E-state index contributed by atoms with van der Waals surface area (Å²) >= 11 is 0. The topological polar surface area (TPSA) is 78.4 Å². The Labute approximate surface area is 96.6 Å². The molecule has 0 aromatic carbocycles. The number of carboxylic acid groups (broad SMARTS) is 1.